The van der Waals surface area contributed by atoms with E-state index in [1.165, 1.54) is 11.3 Å². The summed E-state index contributed by atoms with van der Waals surface area (Å²) in [5.41, 5.74) is 2.90. The average molecular weight is 247 g/mol. The van der Waals surface area contributed by atoms with Crippen LogP contribution in [0.15, 0.2) is 24.3 Å². The fourth-order valence-electron chi connectivity index (χ4n) is 2.95. The Morgan fingerprint density at radius 2 is 1.94 bits per heavy atom. The molecule has 0 amide bonds. The Hall–Kier alpha value is -1.02. The zero-order valence-corrected chi connectivity index (χ0v) is 12.0. The molecule has 0 bridgehead atoms. The molecular formula is C16H25NO. The Kier molecular flexibility index (Phi) is 3.67. The Balaban J connectivity index is 2.35. The fraction of sp³-hybridized carbons (Fsp3) is 0.625. The summed E-state index contributed by atoms with van der Waals surface area (Å²) in [6.45, 7) is 10.4. The summed E-state index contributed by atoms with van der Waals surface area (Å²) in [5.74, 6) is 0.415. The van der Waals surface area contributed by atoms with Gasteiger partial charge in [0.1, 0.15) is 0 Å². The molecular weight excluding hydrogens is 222 g/mol. The van der Waals surface area contributed by atoms with Gasteiger partial charge in [0.15, 0.2) is 0 Å². The lowest BCUT2D eigenvalue weighted by Crippen LogP contribution is -2.33. The van der Waals surface area contributed by atoms with Crippen LogP contribution in [0, 0.1) is 5.92 Å². The number of aliphatic hydroxyl groups excluding tert-OH is 1. The van der Waals surface area contributed by atoms with Crippen LogP contribution in [0.25, 0.3) is 0 Å². The smallest absolute Gasteiger partial charge is 0.0479 e. The van der Waals surface area contributed by atoms with Crippen LogP contribution < -0.4 is 4.90 Å². The molecule has 2 nitrogen and oxygen atoms in total. The Bertz CT molecular complexity index is 408. The van der Waals surface area contributed by atoms with Crippen molar-refractivity contribution in [2.75, 3.05) is 18.1 Å². The second-order valence-corrected chi connectivity index (χ2v) is 6.43. The lowest BCUT2D eigenvalue weighted by atomic mass is 9.85. The summed E-state index contributed by atoms with van der Waals surface area (Å²) in [7, 11) is 0. The second-order valence-electron chi connectivity index (χ2n) is 6.43. The number of anilines is 1. The quantitative estimate of drug-likeness (QED) is 0.867. The van der Waals surface area contributed by atoms with E-state index in [1.54, 1.807) is 0 Å². The molecule has 1 aliphatic rings. The maximum absolute atomic E-state index is 9.40. The van der Waals surface area contributed by atoms with Crippen LogP contribution in [-0.2, 0) is 5.41 Å². The van der Waals surface area contributed by atoms with E-state index in [-0.39, 0.29) is 5.41 Å². The summed E-state index contributed by atoms with van der Waals surface area (Å²) in [6.07, 6.45) is 1.09. The van der Waals surface area contributed by atoms with Crippen LogP contribution in [0.3, 0.4) is 0 Å². The van der Waals surface area contributed by atoms with E-state index < -0.39 is 0 Å². The van der Waals surface area contributed by atoms with Gasteiger partial charge in [0.2, 0.25) is 0 Å². The van der Waals surface area contributed by atoms with Crippen molar-refractivity contribution in [2.24, 2.45) is 5.92 Å². The molecule has 2 rings (SSSR count). The number of aliphatic hydroxyl groups is 1. The van der Waals surface area contributed by atoms with Gasteiger partial charge in [-0.05, 0) is 30.4 Å². The van der Waals surface area contributed by atoms with Gasteiger partial charge in [-0.15, -0.1) is 0 Å². The molecule has 0 spiro atoms. The van der Waals surface area contributed by atoms with Gasteiger partial charge in [-0.1, -0.05) is 39.0 Å². The van der Waals surface area contributed by atoms with Gasteiger partial charge in [0.25, 0.3) is 0 Å². The zero-order chi connectivity index (χ0) is 13.3. The van der Waals surface area contributed by atoms with Gasteiger partial charge >= 0.3 is 0 Å². The molecule has 0 saturated carbocycles. The fourth-order valence-corrected chi connectivity index (χ4v) is 2.95. The number of nitrogens with zero attached hydrogens (tertiary/aromatic N) is 1. The maximum atomic E-state index is 9.40. The first-order chi connectivity index (χ1) is 8.45. The molecule has 1 aromatic carbocycles. The Morgan fingerprint density at radius 3 is 2.50 bits per heavy atom. The van der Waals surface area contributed by atoms with Gasteiger partial charge in [-0.3, -0.25) is 0 Å². The number of rotatable bonds is 2. The van der Waals surface area contributed by atoms with Crippen molar-refractivity contribution in [3.8, 4) is 0 Å². The SMILES string of the molecule is CC1C(CO)CCN1c1ccccc1C(C)(C)C. The Labute approximate surface area is 111 Å². The molecule has 1 aliphatic heterocycles. The van der Waals surface area contributed by atoms with Gasteiger partial charge in [0.05, 0.1) is 0 Å². The minimum Gasteiger partial charge on any atom is -0.396 e. The molecule has 2 atom stereocenters. The van der Waals surface area contributed by atoms with E-state index in [0.717, 1.165) is 13.0 Å². The normalized spacial score (nSPS) is 24.6. The van der Waals surface area contributed by atoms with Gasteiger partial charge < -0.3 is 10.0 Å². The first-order valence-corrected chi connectivity index (χ1v) is 6.92. The third-order valence-corrected chi connectivity index (χ3v) is 4.17. The highest BCUT2D eigenvalue weighted by atomic mass is 16.3. The van der Waals surface area contributed by atoms with Crippen molar-refractivity contribution in [3.63, 3.8) is 0 Å². The largest absolute Gasteiger partial charge is 0.396 e. The van der Waals surface area contributed by atoms with E-state index in [9.17, 15) is 5.11 Å². The molecule has 1 saturated heterocycles. The number of hydrogen-bond donors (Lipinski definition) is 1. The number of benzene rings is 1. The predicted molar refractivity (Wildman–Crippen MR) is 77.1 cm³/mol. The monoisotopic (exact) mass is 247 g/mol. The molecule has 100 valence electrons. The van der Waals surface area contributed by atoms with Crippen molar-refractivity contribution in [3.05, 3.63) is 29.8 Å². The second kappa shape index (κ2) is 4.93. The van der Waals surface area contributed by atoms with E-state index >= 15 is 0 Å². The Morgan fingerprint density at radius 1 is 1.28 bits per heavy atom. The maximum Gasteiger partial charge on any atom is 0.0479 e. The van der Waals surface area contributed by atoms with Gasteiger partial charge in [-0.2, -0.15) is 0 Å². The summed E-state index contributed by atoms with van der Waals surface area (Å²) in [5, 5.41) is 9.40. The first-order valence-electron chi connectivity index (χ1n) is 6.92. The standard InChI is InChI=1S/C16H25NO/c1-12-13(11-18)9-10-17(12)15-8-6-5-7-14(15)16(2,3)4/h5-8,12-13,18H,9-11H2,1-4H3. The van der Waals surface area contributed by atoms with Crippen molar-refractivity contribution in [2.45, 2.75) is 45.6 Å². The zero-order valence-electron chi connectivity index (χ0n) is 12.0. The highest BCUT2D eigenvalue weighted by Gasteiger charge is 2.32. The number of hydrogen-bond acceptors (Lipinski definition) is 2. The molecule has 0 radical (unpaired) electrons. The van der Waals surface area contributed by atoms with Crippen LogP contribution in [0.2, 0.25) is 0 Å². The average Bonchev–Trinajstić information content (AvgIpc) is 2.69. The molecule has 2 unspecified atom stereocenters. The number of para-hydroxylation sites is 1. The summed E-state index contributed by atoms with van der Waals surface area (Å²) in [6, 6.07) is 9.11. The van der Waals surface area contributed by atoms with Crippen LogP contribution in [0.4, 0.5) is 5.69 Å². The summed E-state index contributed by atoms with van der Waals surface area (Å²) < 4.78 is 0. The third kappa shape index (κ3) is 2.39. The molecule has 2 heteroatoms. The minimum atomic E-state index is 0.160. The van der Waals surface area contributed by atoms with Crippen molar-refractivity contribution in [1.82, 2.24) is 0 Å². The van der Waals surface area contributed by atoms with E-state index in [2.05, 4.69) is 56.9 Å². The molecule has 1 heterocycles. The topological polar surface area (TPSA) is 23.5 Å². The van der Waals surface area contributed by atoms with E-state index in [0.29, 0.717) is 18.6 Å². The van der Waals surface area contributed by atoms with E-state index in [1.807, 2.05) is 0 Å². The predicted octanol–water partition coefficient (Wildman–Crippen LogP) is 3.19. The molecule has 0 aromatic heterocycles. The van der Waals surface area contributed by atoms with Crippen molar-refractivity contribution in [1.29, 1.82) is 0 Å². The van der Waals surface area contributed by atoms with Crippen molar-refractivity contribution >= 4 is 5.69 Å². The van der Waals surface area contributed by atoms with Crippen LogP contribution in [0.5, 0.6) is 0 Å². The summed E-state index contributed by atoms with van der Waals surface area (Å²) >= 11 is 0. The van der Waals surface area contributed by atoms with Gasteiger partial charge in [-0.25, -0.2) is 0 Å². The van der Waals surface area contributed by atoms with Crippen LogP contribution in [0.1, 0.15) is 39.7 Å². The highest BCUT2D eigenvalue weighted by Crippen LogP contribution is 2.36. The lowest BCUT2D eigenvalue weighted by Gasteiger charge is -2.32. The molecule has 1 aromatic rings. The highest BCUT2D eigenvalue weighted by molar-refractivity contribution is 5.57. The first kappa shape index (κ1) is 13.4. The minimum absolute atomic E-state index is 0.160. The molecule has 1 fully saturated rings. The van der Waals surface area contributed by atoms with E-state index in [4.69, 9.17) is 0 Å². The molecule has 0 aliphatic carbocycles. The lowest BCUT2D eigenvalue weighted by molar-refractivity contribution is 0.221. The third-order valence-electron chi connectivity index (χ3n) is 4.17. The van der Waals surface area contributed by atoms with Crippen LogP contribution >= 0.6 is 0 Å². The molecule has 1 N–H and O–H groups in total. The van der Waals surface area contributed by atoms with Crippen LogP contribution in [-0.4, -0.2) is 24.3 Å². The summed E-state index contributed by atoms with van der Waals surface area (Å²) in [4.78, 5) is 2.46. The molecule has 18 heavy (non-hydrogen) atoms. The van der Waals surface area contributed by atoms with Crippen molar-refractivity contribution < 1.29 is 5.11 Å². The van der Waals surface area contributed by atoms with Gasteiger partial charge in [0, 0.05) is 30.8 Å².